The van der Waals surface area contributed by atoms with Gasteiger partial charge in [0.15, 0.2) is 0 Å². The Hall–Kier alpha value is -0.590. The van der Waals surface area contributed by atoms with Crippen molar-refractivity contribution >= 4 is 0 Å². The fourth-order valence-electron chi connectivity index (χ4n) is 1.52. The van der Waals surface area contributed by atoms with Gasteiger partial charge >= 0.3 is 0 Å². The van der Waals surface area contributed by atoms with Gasteiger partial charge in [0.25, 0.3) is 0 Å². The number of unbranched alkanes of at least 4 members (excludes halogenated alkanes) is 1. The largest absolute Gasteiger partial charge is 0.317 e. The first-order valence-corrected chi connectivity index (χ1v) is 6.24. The second-order valence-electron chi connectivity index (χ2n) is 5.36. The van der Waals surface area contributed by atoms with Gasteiger partial charge in [-0.2, -0.15) is 5.26 Å². The zero-order valence-corrected chi connectivity index (χ0v) is 11.3. The molecule has 0 spiro atoms. The Kier molecular flexibility index (Phi) is 8.23. The van der Waals surface area contributed by atoms with Crippen molar-refractivity contribution in [2.75, 3.05) is 33.7 Å². The first-order chi connectivity index (χ1) is 7.48. The monoisotopic (exact) mass is 225 g/mol. The molecule has 0 aromatic heterocycles. The van der Waals surface area contributed by atoms with Crippen molar-refractivity contribution in [3.8, 4) is 6.07 Å². The molecule has 0 atom stereocenters. The molecule has 0 amide bonds. The van der Waals surface area contributed by atoms with E-state index >= 15 is 0 Å². The summed E-state index contributed by atoms with van der Waals surface area (Å²) in [7, 11) is 4.20. The van der Waals surface area contributed by atoms with Crippen molar-refractivity contribution in [3.05, 3.63) is 0 Å². The molecule has 0 aliphatic carbocycles. The van der Waals surface area contributed by atoms with E-state index in [1.807, 2.05) is 13.8 Å². The van der Waals surface area contributed by atoms with Crippen LogP contribution in [-0.2, 0) is 0 Å². The van der Waals surface area contributed by atoms with E-state index in [4.69, 9.17) is 5.26 Å². The van der Waals surface area contributed by atoms with Crippen molar-refractivity contribution in [2.45, 2.75) is 39.5 Å². The molecule has 0 aromatic rings. The van der Waals surface area contributed by atoms with Crippen LogP contribution in [0.1, 0.15) is 39.5 Å². The van der Waals surface area contributed by atoms with Crippen LogP contribution in [0.3, 0.4) is 0 Å². The molecule has 0 aromatic carbocycles. The van der Waals surface area contributed by atoms with Crippen molar-refractivity contribution in [3.63, 3.8) is 0 Å². The van der Waals surface area contributed by atoms with Crippen LogP contribution in [0.4, 0.5) is 0 Å². The predicted molar refractivity (Wildman–Crippen MR) is 69.3 cm³/mol. The quantitative estimate of drug-likeness (QED) is 0.612. The molecule has 1 N–H and O–H groups in total. The van der Waals surface area contributed by atoms with Gasteiger partial charge in [0.05, 0.1) is 11.5 Å². The number of hydrogen-bond acceptors (Lipinski definition) is 3. The van der Waals surface area contributed by atoms with Crippen LogP contribution < -0.4 is 5.32 Å². The van der Waals surface area contributed by atoms with Gasteiger partial charge in [-0.3, -0.25) is 0 Å². The van der Waals surface area contributed by atoms with Crippen molar-refractivity contribution in [1.29, 1.82) is 5.26 Å². The van der Waals surface area contributed by atoms with Gasteiger partial charge in [-0.25, -0.2) is 0 Å². The Morgan fingerprint density at radius 2 is 1.75 bits per heavy atom. The van der Waals surface area contributed by atoms with Gasteiger partial charge in [-0.05, 0) is 66.8 Å². The summed E-state index contributed by atoms with van der Waals surface area (Å²) in [4.78, 5) is 2.21. The van der Waals surface area contributed by atoms with Crippen LogP contribution in [0, 0.1) is 16.7 Å². The van der Waals surface area contributed by atoms with E-state index < -0.39 is 0 Å². The predicted octanol–water partition coefficient (Wildman–Crippen LogP) is 2.25. The van der Waals surface area contributed by atoms with Gasteiger partial charge in [-0.15, -0.1) is 0 Å². The molecule has 0 heterocycles. The Bertz CT molecular complexity index is 204. The normalized spacial score (nSPS) is 11.8. The summed E-state index contributed by atoms with van der Waals surface area (Å²) < 4.78 is 0. The summed E-state index contributed by atoms with van der Waals surface area (Å²) in [6.45, 7) is 7.35. The molecule has 0 aliphatic rings. The van der Waals surface area contributed by atoms with E-state index in [-0.39, 0.29) is 5.41 Å². The molecule has 0 aliphatic heterocycles. The molecule has 0 radical (unpaired) electrons. The number of nitrogens with one attached hydrogen (secondary N) is 1. The summed E-state index contributed by atoms with van der Waals surface area (Å²) in [5.74, 6) is 0. The van der Waals surface area contributed by atoms with Crippen LogP contribution in [0.2, 0.25) is 0 Å². The van der Waals surface area contributed by atoms with Crippen LogP contribution in [0.15, 0.2) is 0 Å². The molecule has 0 saturated heterocycles. The first-order valence-electron chi connectivity index (χ1n) is 6.24. The fraction of sp³-hybridized carbons (Fsp3) is 0.923. The summed E-state index contributed by atoms with van der Waals surface area (Å²) in [5.41, 5.74) is -0.148. The summed E-state index contributed by atoms with van der Waals surface area (Å²) in [6.07, 6.45) is 4.52. The lowest BCUT2D eigenvalue weighted by atomic mass is 9.89. The average Bonchev–Trinajstić information content (AvgIpc) is 2.21. The lowest BCUT2D eigenvalue weighted by molar-refractivity contribution is 0.390. The second-order valence-corrected chi connectivity index (χ2v) is 5.36. The van der Waals surface area contributed by atoms with E-state index in [9.17, 15) is 0 Å². The lowest BCUT2D eigenvalue weighted by Crippen LogP contribution is -2.22. The molecule has 3 heteroatoms. The number of nitriles is 1. The molecule has 16 heavy (non-hydrogen) atoms. The smallest absolute Gasteiger partial charge is 0.0683 e. The molecule has 0 saturated carbocycles. The third kappa shape index (κ3) is 9.95. The average molecular weight is 225 g/mol. The number of rotatable bonds is 9. The minimum atomic E-state index is -0.148. The highest BCUT2D eigenvalue weighted by Crippen LogP contribution is 2.21. The fourth-order valence-corrected chi connectivity index (χ4v) is 1.52. The topological polar surface area (TPSA) is 39.1 Å². The molecule has 0 bridgehead atoms. The molecule has 0 fully saturated rings. The van der Waals surface area contributed by atoms with Crippen molar-refractivity contribution < 1.29 is 0 Å². The Morgan fingerprint density at radius 1 is 1.12 bits per heavy atom. The maximum atomic E-state index is 8.85. The standard InChI is InChI=1S/C13H27N3/c1-13(2,12-14)8-5-6-9-15-10-7-11-16(3)4/h15H,5-11H2,1-4H3. The molecular weight excluding hydrogens is 198 g/mol. The first kappa shape index (κ1) is 15.4. The summed E-state index contributed by atoms with van der Waals surface area (Å²) in [5, 5.41) is 12.3. The van der Waals surface area contributed by atoms with E-state index in [2.05, 4.69) is 30.4 Å². The van der Waals surface area contributed by atoms with E-state index in [0.717, 1.165) is 32.5 Å². The summed E-state index contributed by atoms with van der Waals surface area (Å²) in [6, 6.07) is 2.34. The molecule has 0 unspecified atom stereocenters. The van der Waals surface area contributed by atoms with E-state index in [1.54, 1.807) is 0 Å². The minimum Gasteiger partial charge on any atom is -0.317 e. The number of hydrogen-bond donors (Lipinski definition) is 1. The van der Waals surface area contributed by atoms with Gasteiger partial charge in [-0.1, -0.05) is 6.42 Å². The van der Waals surface area contributed by atoms with Gasteiger partial charge in [0, 0.05) is 0 Å². The molecule has 0 rings (SSSR count). The summed E-state index contributed by atoms with van der Waals surface area (Å²) >= 11 is 0. The van der Waals surface area contributed by atoms with Crippen LogP contribution in [0.25, 0.3) is 0 Å². The maximum absolute atomic E-state index is 8.85. The van der Waals surface area contributed by atoms with Crippen LogP contribution >= 0.6 is 0 Å². The second kappa shape index (κ2) is 8.55. The van der Waals surface area contributed by atoms with Crippen molar-refractivity contribution in [2.24, 2.45) is 5.41 Å². The third-order valence-corrected chi connectivity index (χ3v) is 2.67. The highest BCUT2D eigenvalue weighted by atomic mass is 15.0. The molecule has 94 valence electrons. The van der Waals surface area contributed by atoms with E-state index in [0.29, 0.717) is 0 Å². The molecular formula is C13H27N3. The minimum absolute atomic E-state index is 0.148. The number of nitrogens with zero attached hydrogens (tertiary/aromatic N) is 2. The van der Waals surface area contributed by atoms with E-state index in [1.165, 1.54) is 12.8 Å². The van der Waals surface area contributed by atoms with Gasteiger partial charge in [0.2, 0.25) is 0 Å². The zero-order valence-electron chi connectivity index (χ0n) is 11.3. The Morgan fingerprint density at radius 3 is 2.31 bits per heavy atom. The third-order valence-electron chi connectivity index (χ3n) is 2.67. The molecule has 3 nitrogen and oxygen atoms in total. The van der Waals surface area contributed by atoms with Gasteiger partial charge < -0.3 is 10.2 Å². The van der Waals surface area contributed by atoms with Crippen molar-refractivity contribution in [1.82, 2.24) is 10.2 Å². The Balaban J connectivity index is 3.20. The highest BCUT2D eigenvalue weighted by molar-refractivity contribution is 4.91. The van der Waals surface area contributed by atoms with Crippen LogP contribution in [0.5, 0.6) is 0 Å². The highest BCUT2D eigenvalue weighted by Gasteiger charge is 2.14. The van der Waals surface area contributed by atoms with Crippen LogP contribution in [-0.4, -0.2) is 38.6 Å². The SMILES string of the molecule is CN(C)CCCNCCCCC(C)(C)C#N. The Labute approximate surface area is 101 Å². The van der Waals surface area contributed by atoms with Gasteiger partial charge in [0.1, 0.15) is 0 Å². The zero-order chi connectivity index (χ0) is 12.4. The lowest BCUT2D eigenvalue weighted by Gasteiger charge is -2.14. The maximum Gasteiger partial charge on any atom is 0.0683 e.